The van der Waals surface area contributed by atoms with Crippen molar-refractivity contribution in [3.05, 3.63) is 33.4 Å². The fraction of sp³-hybridized carbons (Fsp3) is 0.385. The molecule has 1 aromatic rings. The summed E-state index contributed by atoms with van der Waals surface area (Å²) in [7, 11) is 0. The standard InChI is InChI=1S/C13H15IO3/c1-13(2,3)11(15)8-17-12(16)9-6-4-5-7-10(9)14/h4-7H,8H2,1-3H3. The Morgan fingerprint density at radius 3 is 2.35 bits per heavy atom. The van der Waals surface area contributed by atoms with Gasteiger partial charge < -0.3 is 4.74 Å². The van der Waals surface area contributed by atoms with Crippen molar-refractivity contribution in [1.29, 1.82) is 0 Å². The van der Waals surface area contributed by atoms with Crippen molar-refractivity contribution in [2.75, 3.05) is 6.61 Å². The number of hydrogen-bond donors (Lipinski definition) is 0. The number of rotatable bonds is 3. The minimum Gasteiger partial charge on any atom is -0.454 e. The van der Waals surface area contributed by atoms with Gasteiger partial charge in [0.05, 0.1) is 5.56 Å². The highest BCUT2D eigenvalue weighted by molar-refractivity contribution is 14.1. The smallest absolute Gasteiger partial charge is 0.339 e. The van der Waals surface area contributed by atoms with Gasteiger partial charge in [-0.05, 0) is 34.7 Å². The SMILES string of the molecule is CC(C)(C)C(=O)COC(=O)c1ccccc1I. The van der Waals surface area contributed by atoms with E-state index in [2.05, 4.69) is 22.6 Å². The van der Waals surface area contributed by atoms with Crippen molar-refractivity contribution in [3.8, 4) is 0 Å². The van der Waals surface area contributed by atoms with Gasteiger partial charge in [-0.25, -0.2) is 4.79 Å². The molecular weight excluding hydrogens is 331 g/mol. The number of halogens is 1. The van der Waals surface area contributed by atoms with Crippen molar-refractivity contribution in [2.24, 2.45) is 5.41 Å². The van der Waals surface area contributed by atoms with Crippen LogP contribution in [-0.2, 0) is 9.53 Å². The number of carbonyl (C=O) groups excluding carboxylic acids is 2. The Morgan fingerprint density at radius 1 is 1.24 bits per heavy atom. The van der Waals surface area contributed by atoms with Crippen molar-refractivity contribution in [2.45, 2.75) is 20.8 Å². The van der Waals surface area contributed by atoms with E-state index in [-0.39, 0.29) is 12.4 Å². The molecule has 1 rings (SSSR count). The number of hydrogen-bond acceptors (Lipinski definition) is 3. The molecule has 0 amide bonds. The summed E-state index contributed by atoms with van der Waals surface area (Å²) in [6.45, 7) is 5.23. The summed E-state index contributed by atoms with van der Waals surface area (Å²) in [6.07, 6.45) is 0. The largest absolute Gasteiger partial charge is 0.454 e. The Balaban J connectivity index is 2.63. The predicted molar refractivity (Wildman–Crippen MR) is 73.9 cm³/mol. The molecule has 0 heterocycles. The van der Waals surface area contributed by atoms with Crippen LogP contribution in [0.25, 0.3) is 0 Å². The Morgan fingerprint density at radius 2 is 1.82 bits per heavy atom. The van der Waals surface area contributed by atoms with Crippen LogP contribution in [0.3, 0.4) is 0 Å². The van der Waals surface area contributed by atoms with Crippen molar-refractivity contribution in [1.82, 2.24) is 0 Å². The highest BCUT2D eigenvalue weighted by Gasteiger charge is 2.23. The van der Waals surface area contributed by atoms with Crippen LogP contribution in [0, 0.1) is 8.99 Å². The zero-order valence-electron chi connectivity index (χ0n) is 10.1. The zero-order chi connectivity index (χ0) is 13.1. The van der Waals surface area contributed by atoms with Gasteiger partial charge in [0.15, 0.2) is 12.4 Å². The third kappa shape index (κ3) is 4.11. The Hall–Kier alpha value is -0.910. The molecule has 0 atom stereocenters. The molecule has 4 heteroatoms. The van der Waals surface area contributed by atoms with Crippen LogP contribution in [0.2, 0.25) is 0 Å². The summed E-state index contributed by atoms with van der Waals surface area (Å²) < 4.78 is 5.82. The number of benzene rings is 1. The van der Waals surface area contributed by atoms with E-state index in [1.165, 1.54) is 0 Å². The molecule has 3 nitrogen and oxygen atoms in total. The molecule has 0 aliphatic carbocycles. The van der Waals surface area contributed by atoms with E-state index in [0.717, 1.165) is 3.57 Å². The molecule has 92 valence electrons. The molecule has 0 radical (unpaired) electrons. The Labute approximate surface area is 115 Å². The highest BCUT2D eigenvalue weighted by atomic mass is 127. The number of ether oxygens (including phenoxy) is 1. The summed E-state index contributed by atoms with van der Waals surface area (Å²) in [6, 6.07) is 7.12. The summed E-state index contributed by atoms with van der Waals surface area (Å²) in [5, 5.41) is 0. The van der Waals surface area contributed by atoms with Crippen LogP contribution in [0.5, 0.6) is 0 Å². The molecule has 17 heavy (non-hydrogen) atoms. The number of ketones is 1. The van der Waals surface area contributed by atoms with Crippen molar-refractivity contribution in [3.63, 3.8) is 0 Å². The fourth-order valence-corrected chi connectivity index (χ4v) is 1.66. The Kier molecular flexibility index (Phi) is 4.68. The zero-order valence-corrected chi connectivity index (χ0v) is 12.3. The van der Waals surface area contributed by atoms with E-state index >= 15 is 0 Å². The van der Waals surface area contributed by atoms with Gasteiger partial charge in [0.1, 0.15) is 0 Å². The quantitative estimate of drug-likeness (QED) is 0.624. The lowest BCUT2D eigenvalue weighted by Crippen LogP contribution is -2.26. The van der Waals surface area contributed by atoms with E-state index in [1.807, 2.05) is 12.1 Å². The lowest BCUT2D eigenvalue weighted by Gasteiger charge is -2.16. The summed E-state index contributed by atoms with van der Waals surface area (Å²) in [5.74, 6) is -0.538. The lowest BCUT2D eigenvalue weighted by atomic mass is 9.91. The lowest BCUT2D eigenvalue weighted by molar-refractivity contribution is -0.129. The molecule has 0 fully saturated rings. The van der Waals surface area contributed by atoms with Gasteiger partial charge in [-0.3, -0.25) is 4.79 Å². The van der Waals surface area contributed by atoms with E-state index in [4.69, 9.17) is 4.74 Å². The first kappa shape index (κ1) is 14.2. The molecule has 0 saturated heterocycles. The third-order valence-electron chi connectivity index (χ3n) is 2.26. The molecule has 0 bridgehead atoms. The molecule has 0 saturated carbocycles. The second-order valence-corrected chi connectivity index (χ2v) is 5.89. The third-order valence-corrected chi connectivity index (χ3v) is 3.21. The minimum atomic E-state index is -0.482. The average molecular weight is 346 g/mol. The average Bonchev–Trinajstić information content (AvgIpc) is 2.24. The highest BCUT2D eigenvalue weighted by Crippen LogP contribution is 2.16. The second kappa shape index (κ2) is 5.62. The normalized spacial score (nSPS) is 11.1. The second-order valence-electron chi connectivity index (χ2n) is 4.73. The summed E-state index contributed by atoms with van der Waals surface area (Å²) in [5.41, 5.74) is 0.0132. The minimum absolute atomic E-state index is 0.0863. The monoisotopic (exact) mass is 346 g/mol. The molecule has 0 aromatic heterocycles. The number of Topliss-reactive ketones (excluding diaryl/α,β-unsaturated/α-hetero) is 1. The number of carbonyl (C=O) groups is 2. The molecular formula is C13H15IO3. The van der Waals surface area contributed by atoms with Crippen molar-refractivity contribution < 1.29 is 14.3 Å². The maximum Gasteiger partial charge on any atom is 0.339 e. The van der Waals surface area contributed by atoms with Crippen LogP contribution < -0.4 is 0 Å². The van der Waals surface area contributed by atoms with Gasteiger partial charge in [0.2, 0.25) is 0 Å². The van der Waals surface area contributed by atoms with E-state index in [0.29, 0.717) is 5.56 Å². The maximum absolute atomic E-state index is 11.7. The molecule has 0 aliphatic heterocycles. The fourth-order valence-electron chi connectivity index (χ4n) is 1.05. The molecule has 0 N–H and O–H groups in total. The predicted octanol–water partition coefficient (Wildman–Crippen LogP) is 3.06. The number of esters is 1. The van der Waals surface area contributed by atoms with Crippen LogP contribution >= 0.6 is 22.6 Å². The molecule has 0 unspecified atom stereocenters. The van der Waals surface area contributed by atoms with Crippen LogP contribution in [0.4, 0.5) is 0 Å². The maximum atomic E-state index is 11.7. The van der Waals surface area contributed by atoms with Gasteiger partial charge >= 0.3 is 5.97 Å². The van der Waals surface area contributed by atoms with E-state index < -0.39 is 11.4 Å². The van der Waals surface area contributed by atoms with Crippen LogP contribution in [-0.4, -0.2) is 18.4 Å². The topological polar surface area (TPSA) is 43.4 Å². The van der Waals surface area contributed by atoms with Gasteiger partial charge in [0, 0.05) is 8.99 Å². The van der Waals surface area contributed by atoms with E-state index in [9.17, 15) is 9.59 Å². The first-order valence-corrected chi connectivity index (χ1v) is 6.35. The van der Waals surface area contributed by atoms with Crippen molar-refractivity contribution >= 4 is 34.3 Å². The van der Waals surface area contributed by atoms with E-state index in [1.54, 1.807) is 32.9 Å². The first-order valence-electron chi connectivity index (χ1n) is 5.27. The molecule has 0 aliphatic rings. The summed E-state index contributed by atoms with van der Waals surface area (Å²) in [4.78, 5) is 23.3. The Bertz CT molecular complexity index is 433. The molecule has 0 spiro atoms. The van der Waals surface area contributed by atoms with Crippen LogP contribution in [0.1, 0.15) is 31.1 Å². The first-order chi connectivity index (χ1) is 7.82. The van der Waals surface area contributed by atoms with Gasteiger partial charge in [-0.2, -0.15) is 0 Å². The summed E-state index contributed by atoms with van der Waals surface area (Å²) >= 11 is 2.06. The van der Waals surface area contributed by atoms with Gasteiger partial charge in [-0.15, -0.1) is 0 Å². The van der Waals surface area contributed by atoms with Gasteiger partial charge in [-0.1, -0.05) is 32.9 Å². The van der Waals surface area contributed by atoms with Gasteiger partial charge in [0.25, 0.3) is 0 Å². The molecule has 1 aromatic carbocycles. The van der Waals surface area contributed by atoms with Crippen LogP contribution in [0.15, 0.2) is 24.3 Å².